The van der Waals surface area contributed by atoms with Crippen molar-refractivity contribution in [2.75, 3.05) is 0 Å². The van der Waals surface area contributed by atoms with E-state index in [0.29, 0.717) is 5.75 Å². The zero-order chi connectivity index (χ0) is 25.1. The molecule has 0 atom stereocenters. The summed E-state index contributed by atoms with van der Waals surface area (Å²) in [5.41, 5.74) is 1.27. The molecule has 1 aromatic rings. The van der Waals surface area contributed by atoms with Crippen LogP contribution < -0.4 is 0 Å². The van der Waals surface area contributed by atoms with E-state index in [1.165, 1.54) is 173 Å². The molecule has 0 saturated heterocycles. The number of benzene rings is 1. The maximum atomic E-state index is 9.51. The van der Waals surface area contributed by atoms with E-state index >= 15 is 0 Å². The summed E-state index contributed by atoms with van der Waals surface area (Å²) in [7, 11) is 0. The van der Waals surface area contributed by atoms with Gasteiger partial charge in [-0.25, -0.2) is 0 Å². The molecule has 1 N–H and O–H groups in total. The van der Waals surface area contributed by atoms with Gasteiger partial charge in [0.1, 0.15) is 5.75 Å². The van der Waals surface area contributed by atoms with Gasteiger partial charge in [0.15, 0.2) is 0 Å². The van der Waals surface area contributed by atoms with Gasteiger partial charge in [0.25, 0.3) is 0 Å². The summed E-state index contributed by atoms with van der Waals surface area (Å²) < 4.78 is 0. The first-order chi connectivity index (χ1) is 17.3. The maximum absolute atomic E-state index is 9.51. The van der Waals surface area contributed by atoms with E-state index in [4.69, 9.17) is 0 Å². The van der Waals surface area contributed by atoms with Gasteiger partial charge in [0.2, 0.25) is 0 Å². The van der Waals surface area contributed by atoms with E-state index in [2.05, 4.69) is 13.0 Å². The molecule has 0 unspecified atom stereocenters. The van der Waals surface area contributed by atoms with Gasteiger partial charge >= 0.3 is 0 Å². The molecule has 0 saturated carbocycles. The number of rotatable bonds is 27. The third-order valence-electron chi connectivity index (χ3n) is 7.73. The predicted octanol–water partition coefficient (Wildman–Crippen LogP) is 12.1. The smallest absolute Gasteiger partial charge is 0.115 e. The van der Waals surface area contributed by atoms with Crippen molar-refractivity contribution in [1.82, 2.24) is 0 Å². The number of phenolic OH excluding ortho intramolecular Hbond substituents is 1. The molecule has 0 amide bonds. The highest BCUT2D eigenvalue weighted by atomic mass is 16.3. The zero-order valence-electron chi connectivity index (χ0n) is 23.8. The van der Waals surface area contributed by atoms with Gasteiger partial charge in [-0.15, -0.1) is 0 Å². The zero-order valence-corrected chi connectivity index (χ0v) is 23.8. The highest BCUT2D eigenvalue weighted by molar-refractivity contribution is 5.27. The second-order valence-corrected chi connectivity index (χ2v) is 11.3. The van der Waals surface area contributed by atoms with Gasteiger partial charge in [-0.05, 0) is 30.5 Å². The maximum Gasteiger partial charge on any atom is 0.115 e. The molecule has 204 valence electrons. The normalized spacial score (nSPS) is 11.3. The van der Waals surface area contributed by atoms with Gasteiger partial charge in [0, 0.05) is 0 Å². The van der Waals surface area contributed by atoms with E-state index in [0.717, 1.165) is 6.42 Å². The monoisotopic (exact) mass is 486 g/mol. The lowest BCUT2D eigenvalue weighted by Crippen LogP contribution is -1.86. The molecule has 1 nitrogen and oxygen atoms in total. The van der Waals surface area contributed by atoms with Crippen LogP contribution in [0.2, 0.25) is 0 Å². The summed E-state index contributed by atoms with van der Waals surface area (Å²) in [6, 6.07) is 7.73. The molecule has 0 heterocycles. The van der Waals surface area contributed by atoms with Gasteiger partial charge < -0.3 is 5.11 Å². The molecule has 0 bridgehead atoms. The second kappa shape index (κ2) is 26.1. The van der Waals surface area contributed by atoms with Crippen molar-refractivity contribution in [2.45, 2.75) is 180 Å². The molecule has 0 aromatic heterocycles. The quantitative estimate of drug-likeness (QED) is 0.123. The third kappa shape index (κ3) is 23.2. The molecule has 1 rings (SSSR count). The Morgan fingerprint density at radius 3 is 1.06 bits per heavy atom. The molecule has 1 heteroatoms. The third-order valence-corrected chi connectivity index (χ3v) is 7.73. The Kier molecular flexibility index (Phi) is 23.9. The Bertz CT molecular complexity index is 537. The summed E-state index contributed by atoms with van der Waals surface area (Å²) in [6.07, 6.45) is 38.6. The Balaban J connectivity index is 1.66. The first-order valence-corrected chi connectivity index (χ1v) is 16.1. The molecule has 0 aliphatic heterocycles. The van der Waals surface area contributed by atoms with Crippen molar-refractivity contribution in [3.05, 3.63) is 29.8 Å². The van der Waals surface area contributed by atoms with E-state index < -0.39 is 0 Å². The standard InChI is InChI=1S/C34H62O/c1-2-3-4-5-6-7-8-9-10-11-12-13-14-15-16-17-18-19-20-21-22-23-24-25-26-27-29-33-30-28-31-34(35)32-33/h28,30-32,35H,2-27,29H2,1H3. The van der Waals surface area contributed by atoms with Crippen LogP contribution in [0, 0.1) is 0 Å². The molecule has 0 radical (unpaired) electrons. The lowest BCUT2D eigenvalue weighted by molar-refractivity contribution is 0.474. The van der Waals surface area contributed by atoms with Gasteiger partial charge in [-0.3, -0.25) is 0 Å². The summed E-state index contributed by atoms with van der Waals surface area (Å²) >= 11 is 0. The molecule has 0 spiro atoms. The summed E-state index contributed by atoms with van der Waals surface area (Å²) in [5.74, 6) is 0.400. The molecule has 0 fully saturated rings. The molecule has 0 aliphatic rings. The van der Waals surface area contributed by atoms with Crippen LogP contribution in [0.1, 0.15) is 179 Å². The van der Waals surface area contributed by atoms with Crippen molar-refractivity contribution < 1.29 is 5.11 Å². The number of unbranched alkanes of at least 4 members (excludes halogenated alkanes) is 25. The molecule has 0 aliphatic carbocycles. The number of aryl methyl sites for hydroxylation is 1. The van der Waals surface area contributed by atoms with Crippen LogP contribution in [0.4, 0.5) is 0 Å². The van der Waals surface area contributed by atoms with E-state index in [1.54, 1.807) is 6.07 Å². The molecular weight excluding hydrogens is 424 g/mol. The van der Waals surface area contributed by atoms with E-state index in [-0.39, 0.29) is 0 Å². The highest BCUT2D eigenvalue weighted by Gasteiger charge is 1.98. The van der Waals surface area contributed by atoms with Crippen LogP contribution in [0.5, 0.6) is 5.75 Å². The fourth-order valence-electron chi connectivity index (χ4n) is 5.36. The SMILES string of the molecule is CCCCCCCCCCCCCCCCCCCCCCCCCCCCc1cccc(O)c1. The van der Waals surface area contributed by atoms with Crippen LogP contribution in [0.3, 0.4) is 0 Å². The topological polar surface area (TPSA) is 20.2 Å². The minimum Gasteiger partial charge on any atom is -0.508 e. The van der Waals surface area contributed by atoms with Gasteiger partial charge in [0.05, 0.1) is 0 Å². The lowest BCUT2D eigenvalue weighted by Gasteiger charge is -2.05. The van der Waals surface area contributed by atoms with Crippen molar-refractivity contribution in [2.24, 2.45) is 0 Å². The van der Waals surface area contributed by atoms with Crippen LogP contribution in [0.25, 0.3) is 0 Å². The van der Waals surface area contributed by atoms with Gasteiger partial charge in [-0.1, -0.05) is 180 Å². The minimum absolute atomic E-state index is 0.400. The van der Waals surface area contributed by atoms with Crippen LogP contribution >= 0.6 is 0 Å². The first kappa shape index (κ1) is 32.0. The Labute approximate surface area is 220 Å². The second-order valence-electron chi connectivity index (χ2n) is 11.3. The summed E-state index contributed by atoms with van der Waals surface area (Å²) in [4.78, 5) is 0. The highest BCUT2D eigenvalue weighted by Crippen LogP contribution is 2.17. The average molecular weight is 487 g/mol. The van der Waals surface area contributed by atoms with Crippen molar-refractivity contribution >= 4 is 0 Å². The first-order valence-electron chi connectivity index (χ1n) is 16.1. The van der Waals surface area contributed by atoms with E-state index in [9.17, 15) is 5.11 Å². The number of hydrogen-bond donors (Lipinski definition) is 1. The molecule has 1 aromatic carbocycles. The van der Waals surface area contributed by atoms with Gasteiger partial charge in [-0.2, -0.15) is 0 Å². The van der Waals surface area contributed by atoms with E-state index in [1.807, 2.05) is 12.1 Å². The fourth-order valence-corrected chi connectivity index (χ4v) is 5.36. The average Bonchev–Trinajstić information content (AvgIpc) is 2.86. The van der Waals surface area contributed by atoms with Crippen LogP contribution in [0.15, 0.2) is 24.3 Å². The number of aromatic hydroxyl groups is 1. The Morgan fingerprint density at radius 2 is 0.743 bits per heavy atom. The van der Waals surface area contributed by atoms with Crippen molar-refractivity contribution in [3.8, 4) is 5.75 Å². The lowest BCUT2D eigenvalue weighted by atomic mass is 10.0. The number of hydrogen-bond acceptors (Lipinski definition) is 1. The van der Waals surface area contributed by atoms with Crippen LogP contribution in [-0.2, 0) is 6.42 Å². The largest absolute Gasteiger partial charge is 0.508 e. The Morgan fingerprint density at radius 1 is 0.429 bits per heavy atom. The minimum atomic E-state index is 0.400. The summed E-state index contributed by atoms with van der Waals surface area (Å²) in [6.45, 7) is 2.30. The summed E-state index contributed by atoms with van der Waals surface area (Å²) in [5, 5.41) is 9.51. The number of phenols is 1. The molecule has 35 heavy (non-hydrogen) atoms. The van der Waals surface area contributed by atoms with Crippen molar-refractivity contribution in [3.63, 3.8) is 0 Å². The van der Waals surface area contributed by atoms with Crippen molar-refractivity contribution in [1.29, 1.82) is 0 Å². The van der Waals surface area contributed by atoms with Crippen LogP contribution in [-0.4, -0.2) is 5.11 Å². The molecular formula is C34H62O. The predicted molar refractivity (Wildman–Crippen MR) is 158 cm³/mol. The Hall–Kier alpha value is -0.980. The fraction of sp³-hybridized carbons (Fsp3) is 0.824.